The monoisotopic (exact) mass is 398 g/mol. The van der Waals surface area contributed by atoms with Crippen molar-refractivity contribution in [3.8, 4) is 0 Å². The summed E-state index contributed by atoms with van der Waals surface area (Å²) in [6, 6.07) is 22.8. The van der Waals surface area contributed by atoms with Crippen LogP contribution in [0, 0.1) is 0 Å². The zero-order valence-corrected chi connectivity index (χ0v) is 17.1. The summed E-state index contributed by atoms with van der Waals surface area (Å²) in [5, 5.41) is 0. The SMILES string of the molecule is O=C(c1ccc(N2CCN(c3ccccc3)CC2)cn1)N1CCc2ccccc2C1. The Morgan fingerprint density at radius 1 is 0.700 bits per heavy atom. The summed E-state index contributed by atoms with van der Waals surface area (Å²) in [5.74, 6) is 0.0185. The number of aromatic nitrogens is 1. The number of amides is 1. The number of hydrogen-bond donors (Lipinski definition) is 0. The minimum Gasteiger partial charge on any atom is -0.368 e. The van der Waals surface area contributed by atoms with Gasteiger partial charge in [-0.25, -0.2) is 4.98 Å². The van der Waals surface area contributed by atoms with Gasteiger partial charge in [-0.15, -0.1) is 0 Å². The van der Waals surface area contributed by atoms with Crippen molar-refractivity contribution in [2.45, 2.75) is 13.0 Å². The summed E-state index contributed by atoms with van der Waals surface area (Å²) in [4.78, 5) is 24.1. The lowest BCUT2D eigenvalue weighted by atomic mass is 10.00. The number of pyridine rings is 1. The molecular weight excluding hydrogens is 372 g/mol. The van der Waals surface area contributed by atoms with Gasteiger partial charge >= 0.3 is 0 Å². The fraction of sp³-hybridized carbons (Fsp3) is 0.280. The van der Waals surface area contributed by atoms with Crippen LogP contribution in [0.1, 0.15) is 21.6 Å². The van der Waals surface area contributed by atoms with Gasteiger partial charge < -0.3 is 14.7 Å². The Kier molecular flexibility index (Phi) is 5.10. The molecule has 1 fully saturated rings. The average molecular weight is 399 g/mol. The number of piperazine rings is 1. The van der Waals surface area contributed by atoms with Gasteiger partial charge in [0.15, 0.2) is 0 Å². The van der Waals surface area contributed by atoms with E-state index in [1.165, 1.54) is 16.8 Å². The van der Waals surface area contributed by atoms with Gasteiger partial charge in [0, 0.05) is 45.0 Å². The maximum Gasteiger partial charge on any atom is 0.272 e. The third-order valence-corrected chi connectivity index (χ3v) is 6.15. The molecule has 0 N–H and O–H groups in total. The molecule has 0 unspecified atom stereocenters. The quantitative estimate of drug-likeness (QED) is 0.676. The summed E-state index contributed by atoms with van der Waals surface area (Å²) in [7, 11) is 0. The van der Waals surface area contributed by atoms with E-state index in [0.29, 0.717) is 12.2 Å². The molecule has 2 aliphatic rings. The Hall–Kier alpha value is -3.34. The number of carbonyl (C=O) groups is 1. The first-order valence-electron chi connectivity index (χ1n) is 10.6. The highest BCUT2D eigenvalue weighted by Crippen LogP contribution is 2.22. The van der Waals surface area contributed by atoms with E-state index >= 15 is 0 Å². The van der Waals surface area contributed by atoms with E-state index in [9.17, 15) is 4.79 Å². The fourth-order valence-corrected chi connectivity index (χ4v) is 4.39. The second kappa shape index (κ2) is 8.19. The van der Waals surface area contributed by atoms with Crippen molar-refractivity contribution >= 4 is 17.3 Å². The number of rotatable bonds is 3. The van der Waals surface area contributed by atoms with Gasteiger partial charge in [0.05, 0.1) is 11.9 Å². The van der Waals surface area contributed by atoms with Crippen molar-refractivity contribution in [1.82, 2.24) is 9.88 Å². The lowest BCUT2D eigenvalue weighted by Crippen LogP contribution is -2.46. The summed E-state index contributed by atoms with van der Waals surface area (Å²) in [6.07, 6.45) is 2.76. The van der Waals surface area contributed by atoms with Gasteiger partial charge in [-0.3, -0.25) is 4.79 Å². The van der Waals surface area contributed by atoms with Gasteiger partial charge in [-0.05, 0) is 41.8 Å². The zero-order valence-electron chi connectivity index (χ0n) is 17.1. The van der Waals surface area contributed by atoms with Gasteiger partial charge in [-0.1, -0.05) is 42.5 Å². The van der Waals surface area contributed by atoms with Crippen LogP contribution in [-0.4, -0.2) is 48.5 Å². The Bertz CT molecular complexity index is 1010. The highest BCUT2D eigenvalue weighted by atomic mass is 16.2. The number of anilines is 2. The number of nitrogens with zero attached hydrogens (tertiary/aromatic N) is 4. The summed E-state index contributed by atoms with van der Waals surface area (Å²) in [6.45, 7) is 5.29. The van der Waals surface area contributed by atoms with Crippen molar-refractivity contribution in [3.63, 3.8) is 0 Å². The number of para-hydroxylation sites is 1. The fourth-order valence-electron chi connectivity index (χ4n) is 4.39. The summed E-state index contributed by atoms with van der Waals surface area (Å²) < 4.78 is 0. The number of benzene rings is 2. The molecule has 152 valence electrons. The largest absolute Gasteiger partial charge is 0.368 e. The van der Waals surface area contributed by atoms with Crippen LogP contribution in [0.25, 0.3) is 0 Å². The number of fused-ring (bicyclic) bond motifs is 1. The molecule has 1 aromatic heterocycles. The molecule has 3 aromatic rings. The normalized spacial score (nSPS) is 16.3. The first kappa shape index (κ1) is 18.7. The van der Waals surface area contributed by atoms with Crippen LogP contribution in [0.15, 0.2) is 72.9 Å². The molecule has 5 rings (SSSR count). The molecule has 3 heterocycles. The van der Waals surface area contributed by atoms with Crippen LogP contribution in [0.5, 0.6) is 0 Å². The van der Waals surface area contributed by atoms with Crippen molar-refractivity contribution in [2.75, 3.05) is 42.5 Å². The van der Waals surface area contributed by atoms with Crippen LogP contribution in [-0.2, 0) is 13.0 Å². The molecule has 5 nitrogen and oxygen atoms in total. The van der Waals surface area contributed by atoms with Gasteiger partial charge in [0.25, 0.3) is 5.91 Å². The lowest BCUT2D eigenvalue weighted by molar-refractivity contribution is 0.0729. The Morgan fingerprint density at radius 3 is 2.07 bits per heavy atom. The van der Waals surface area contributed by atoms with E-state index in [2.05, 4.69) is 63.3 Å². The second-order valence-electron chi connectivity index (χ2n) is 7.96. The molecule has 0 aliphatic carbocycles. The minimum atomic E-state index is 0.0185. The molecule has 30 heavy (non-hydrogen) atoms. The maximum atomic E-state index is 12.9. The first-order chi connectivity index (χ1) is 14.8. The van der Waals surface area contributed by atoms with E-state index in [0.717, 1.165) is 44.8 Å². The van der Waals surface area contributed by atoms with Crippen LogP contribution in [0.2, 0.25) is 0 Å². The highest BCUT2D eigenvalue weighted by Gasteiger charge is 2.23. The van der Waals surface area contributed by atoms with Crippen LogP contribution in [0.4, 0.5) is 11.4 Å². The van der Waals surface area contributed by atoms with E-state index in [1.54, 1.807) is 0 Å². The molecule has 5 heteroatoms. The topological polar surface area (TPSA) is 39.7 Å². The minimum absolute atomic E-state index is 0.0185. The number of carbonyl (C=O) groups excluding carboxylic acids is 1. The highest BCUT2D eigenvalue weighted by molar-refractivity contribution is 5.92. The Morgan fingerprint density at radius 2 is 1.37 bits per heavy atom. The number of hydrogen-bond acceptors (Lipinski definition) is 4. The van der Waals surface area contributed by atoms with Crippen LogP contribution < -0.4 is 9.80 Å². The van der Waals surface area contributed by atoms with Crippen molar-refractivity contribution in [3.05, 3.63) is 89.7 Å². The molecule has 0 radical (unpaired) electrons. The van der Waals surface area contributed by atoms with E-state index in [1.807, 2.05) is 29.3 Å². The van der Waals surface area contributed by atoms with Crippen molar-refractivity contribution < 1.29 is 4.79 Å². The summed E-state index contributed by atoms with van der Waals surface area (Å²) >= 11 is 0. The molecule has 2 aromatic carbocycles. The predicted octanol–water partition coefficient (Wildman–Crippen LogP) is 3.61. The molecule has 0 bridgehead atoms. The molecule has 1 saturated heterocycles. The van der Waals surface area contributed by atoms with E-state index in [-0.39, 0.29) is 5.91 Å². The Labute approximate surface area is 177 Å². The average Bonchev–Trinajstić information content (AvgIpc) is 2.84. The second-order valence-corrected chi connectivity index (χ2v) is 7.96. The smallest absolute Gasteiger partial charge is 0.272 e. The van der Waals surface area contributed by atoms with Crippen molar-refractivity contribution in [1.29, 1.82) is 0 Å². The standard InChI is InChI=1S/C25H26N4O/c30-25(29-13-12-20-6-4-5-7-21(20)19-29)24-11-10-23(18-26-24)28-16-14-27(15-17-28)22-8-2-1-3-9-22/h1-11,18H,12-17,19H2. The zero-order chi connectivity index (χ0) is 20.3. The van der Waals surface area contributed by atoms with E-state index < -0.39 is 0 Å². The van der Waals surface area contributed by atoms with Crippen LogP contribution >= 0.6 is 0 Å². The molecule has 1 amide bonds. The molecular formula is C25H26N4O. The van der Waals surface area contributed by atoms with Crippen molar-refractivity contribution in [2.24, 2.45) is 0 Å². The summed E-state index contributed by atoms with van der Waals surface area (Å²) in [5.41, 5.74) is 5.48. The maximum absolute atomic E-state index is 12.9. The van der Waals surface area contributed by atoms with Gasteiger partial charge in [0.1, 0.15) is 5.69 Å². The molecule has 0 saturated carbocycles. The first-order valence-corrected chi connectivity index (χ1v) is 10.6. The third kappa shape index (κ3) is 3.75. The van der Waals surface area contributed by atoms with Crippen LogP contribution in [0.3, 0.4) is 0 Å². The van der Waals surface area contributed by atoms with Gasteiger partial charge in [-0.2, -0.15) is 0 Å². The molecule has 0 spiro atoms. The van der Waals surface area contributed by atoms with Gasteiger partial charge in [0.2, 0.25) is 0 Å². The van der Waals surface area contributed by atoms with E-state index in [4.69, 9.17) is 0 Å². The Balaban J connectivity index is 1.21. The predicted molar refractivity (Wildman–Crippen MR) is 120 cm³/mol. The molecule has 2 aliphatic heterocycles. The molecule has 0 atom stereocenters. The lowest BCUT2D eigenvalue weighted by Gasteiger charge is -2.37. The third-order valence-electron chi connectivity index (χ3n) is 6.15.